The van der Waals surface area contributed by atoms with E-state index < -0.39 is 21.5 Å². The van der Waals surface area contributed by atoms with Crippen molar-refractivity contribution in [1.29, 1.82) is 0 Å². The second-order valence-corrected chi connectivity index (χ2v) is 7.39. The first-order chi connectivity index (χ1) is 9.91. The number of carboxylic acid groups (broad SMARTS) is 1. The van der Waals surface area contributed by atoms with E-state index in [9.17, 15) is 13.2 Å². The smallest absolute Gasteiger partial charge is 0.305 e. The second-order valence-electron chi connectivity index (χ2n) is 5.55. The Morgan fingerprint density at radius 1 is 1.33 bits per heavy atom. The molecule has 2 N–H and O–H groups in total. The number of aromatic nitrogens is 1. The van der Waals surface area contributed by atoms with Crippen LogP contribution in [0.3, 0.4) is 0 Å². The molecule has 6 nitrogen and oxygen atoms in total. The average molecular weight is 312 g/mol. The first-order valence-electron chi connectivity index (χ1n) is 7.04. The Hall–Kier alpha value is -1.47. The molecule has 0 atom stereocenters. The van der Waals surface area contributed by atoms with Crippen molar-refractivity contribution in [3.05, 3.63) is 30.1 Å². The Morgan fingerprint density at radius 3 is 2.62 bits per heavy atom. The number of hydrogen-bond acceptors (Lipinski definition) is 4. The molecule has 0 radical (unpaired) electrons. The van der Waals surface area contributed by atoms with Crippen LogP contribution in [0, 0.1) is 0 Å². The third-order valence-corrected chi connectivity index (χ3v) is 5.26. The van der Waals surface area contributed by atoms with E-state index in [0.29, 0.717) is 25.0 Å². The van der Waals surface area contributed by atoms with E-state index >= 15 is 0 Å². The highest BCUT2D eigenvalue weighted by Crippen LogP contribution is 2.33. The predicted octanol–water partition coefficient (Wildman–Crippen LogP) is 1.33. The number of aryl methyl sites for hydroxylation is 1. The van der Waals surface area contributed by atoms with Crippen LogP contribution < -0.4 is 4.72 Å². The Morgan fingerprint density at radius 2 is 2.05 bits per heavy atom. The van der Waals surface area contributed by atoms with E-state index in [4.69, 9.17) is 5.11 Å². The number of nitrogens with one attached hydrogen (secondary N) is 1. The molecule has 1 aliphatic carbocycles. The molecule has 0 bridgehead atoms. The van der Waals surface area contributed by atoms with Crippen LogP contribution in [0.2, 0.25) is 0 Å². The van der Waals surface area contributed by atoms with Crippen LogP contribution in [0.25, 0.3) is 0 Å². The van der Waals surface area contributed by atoms with Gasteiger partial charge in [-0.05, 0) is 25.0 Å². The number of aliphatic carboxylic acids is 1. The van der Waals surface area contributed by atoms with Gasteiger partial charge < -0.3 is 5.11 Å². The van der Waals surface area contributed by atoms with E-state index in [-0.39, 0.29) is 12.2 Å². The maximum absolute atomic E-state index is 12.2. The summed E-state index contributed by atoms with van der Waals surface area (Å²) in [6.07, 6.45) is 4.67. The highest BCUT2D eigenvalue weighted by Gasteiger charge is 2.39. The Bertz CT molecular complexity index is 580. The molecule has 7 heteroatoms. The zero-order valence-corrected chi connectivity index (χ0v) is 12.6. The molecule has 2 rings (SSSR count). The van der Waals surface area contributed by atoms with Crippen LogP contribution in [-0.4, -0.2) is 35.8 Å². The number of sulfonamides is 1. The molecule has 1 fully saturated rings. The predicted molar refractivity (Wildman–Crippen MR) is 78.3 cm³/mol. The Balaban J connectivity index is 2.00. The van der Waals surface area contributed by atoms with Crippen molar-refractivity contribution in [2.45, 2.75) is 44.1 Å². The van der Waals surface area contributed by atoms with E-state index in [2.05, 4.69) is 9.71 Å². The third-order valence-electron chi connectivity index (χ3n) is 3.78. The fourth-order valence-electron chi connectivity index (χ4n) is 2.82. The van der Waals surface area contributed by atoms with Crippen molar-refractivity contribution in [2.24, 2.45) is 0 Å². The lowest BCUT2D eigenvalue weighted by Gasteiger charge is -2.28. The van der Waals surface area contributed by atoms with E-state index in [1.165, 1.54) is 0 Å². The summed E-state index contributed by atoms with van der Waals surface area (Å²) in [7, 11) is -3.52. The zero-order valence-electron chi connectivity index (χ0n) is 11.8. The molecule has 1 aliphatic rings. The van der Waals surface area contributed by atoms with Gasteiger partial charge in [0, 0.05) is 23.9 Å². The number of carboxylic acids is 1. The molecule has 0 spiro atoms. The highest BCUT2D eigenvalue weighted by molar-refractivity contribution is 7.89. The number of hydrogen-bond donors (Lipinski definition) is 2. The Kier molecular flexibility index (Phi) is 4.95. The topological polar surface area (TPSA) is 96.4 Å². The molecular formula is C14H20N2O4S. The minimum Gasteiger partial charge on any atom is -0.481 e. The summed E-state index contributed by atoms with van der Waals surface area (Å²) in [6, 6.07) is 5.36. The molecule has 1 aromatic heterocycles. The monoisotopic (exact) mass is 312 g/mol. The molecule has 0 amide bonds. The standard InChI is InChI=1S/C14H20N2O4S/c17-13(18)11-14(7-2-3-8-14)16-21(19,20)10-6-12-5-1-4-9-15-12/h1,4-5,9,16H,2-3,6-8,10-11H2,(H,17,18). The number of nitrogens with zero attached hydrogens (tertiary/aromatic N) is 1. The molecule has 21 heavy (non-hydrogen) atoms. The summed E-state index contributed by atoms with van der Waals surface area (Å²) in [5.41, 5.74) is -0.101. The molecule has 116 valence electrons. The number of pyridine rings is 1. The largest absolute Gasteiger partial charge is 0.481 e. The van der Waals surface area contributed by atoms with Crippen molar-refractivity contribution >= 4 is 16.0 Å². The van der Waals surface area contributed by atoms with Gasteiger partial charge in [0.25, 0.3) is 0 Å². The van der Waals surface area contributed by atoms with Gasteiger partial charge in [-0.1, -0.05) is 18.9 Å². The lowest BCUT2D eigenvalue weighted by molar-refractivity contribution is -0.138. The number of carbonyl (C=O) groups is 1. The molecule has 1 saturated carbocycles. The quantitative estimate of drug-likeness (QED) is 0.792. The van der Waals surface area contributed by atoms with Gasteiger partial charge in [-0.15, -0.1) is 0 Å². The maximum Gasteiger partial charge on any atom is 0.305 e. The van der Waals surface area contributed by atoms with Gasteiger partial charge in [-0.3, -0.25) is 9.78 Å². The van der Waals surface area contributed by atoms with Crippen molar-refractivity contribution in [2.75, 3.05) is 5.75 Å². The lowest BCUT2D eigenvalue weighted by atomic mass is 9.95. The molecule has 1 aromatic rings. The van der Waals surface area contributed by atoms with Gasteiger partial charge in [-0.25, -0.2) is 13.1 Å². The molecular weight excluding hydrogens is 292 g/mol. The summed E-state index contributed by atoms with van der Waals surface area (Å²) >= 11 is 0. The summed E-state index contributed by atoms with van der Waals surface area (Å²) in [4.78, 5) is 15.1. The summed E-state index contributed by atoms with van der Waals surface area (Å²) < 4.78 is 27.1. The highest BCUT2D eigenvalue weighted by atomic mass is 32.2. The normalized spacial score (nSPS) is 17.7. The van der Waals surface area contributed by atoms with Gasteiger partial charge >= 0.3 is 5.97 Å². The van der Waals surface area contributed by atoms with Crippen LogP contribution >= 0.6 is 0 Å². The van der Waals surface area contributed by atoms with Gasteiger partial charge in [0.15, 0.2) is 0 Å². The second kappa shape index (κ2) is 6.53. The molecule has 0 aromatic carbocycles. The Labute approximate surface area is 124 Å². The van der Waals surface area contributed by atoms with Gasteiger partial charge in [-0.2, -0.15) is 0 Å². The van der Waals surface area contributed by atoms with Crippen LogP contribution in [0.1, 0.15) is 37.8 Å². The van der Waals surface area contributed by atoms with Crippen LogP contribution in [0.5, 0.6) is 0 Å². The van der Waals surface area contributed by atoms with Gasteiger partial charge in [0.2, 0.25) is 10.0 Å². The minimum atomic E-state index is -3.52. The molecule has 0 unspecified atom stereocenters. The first-order valence-corrected chi connectivity index (χ1v) is 8.69. The van der Waals surface area contributed by atoms with E-state index in [0.717, 1.165) is 12.8 Å². The van der Waals surface area contributed by atoms with Crippen LogP contribution in [0.15, 0.2) is 24.4 Å². The summed E-state index contributed by atoms with van der Waals surface area (Å²) in [5, 5.41) is 9.00. The fourth-order valence-corrected chi connectivity index (χ4v) is 4.34. The first kappa shape index (κ1) is 15.9. The van der Waals surface area contributed by atoms with E-state index in [1.807, 2.05) is 6.07 Å². The third kappa shape index (κ3) is 4.78. The maximum atomic E-state index is 12.2. The molecule has 1 heterocycles. The van der Waals surface area contributed by atoms with Gasteiger partial charge in [0.1, 0.15) is 0 Å². The van der Waals surface area contributed by atoms with Crippen molar-refractivity contribution < 1.29 is 18.3 Å². The van der Waals surface area contributed by atoms with Crippen molar-refractivity contribution in [1.82, 2.24) is 9.71 Å². The summed E-state index contributed by atoms with van der Waals surface area (Å²) in [6.45, 7) is 0. The molecule has 0 saturated heterocycles. The fraction of sp³-hybridized carbons (Fsp3) is 0.571. The zero-order chi connectivity index (χ0) is 15.3. The SMILES string of the molecule is O=C(O)CC1(NS(=O)(=O)CCc2ccccn2)CCCC1. The van der Waals surface area contributed by atoms with Crippen molar-refractivity contribution in [3.63, 3.8) is 0 Å². The van der Waals surface area contributed by atoms with E-state index in [1.54, 1.807) is 18.3 Å². The molecule has 0 aliphatic heterocycles. The van der Waals surface area contributed by atoms with Crippen LogP contribution in [0.4, 0.5) is 0 Å². The summed E-state index contributed by atoms with van der Waals surface area (Å²) in [5.74, 6) is -1.05. The van der Waals surface area contributed by atoms with Gasteiger partial charge in [0.05, 0.1) is 12.2 Å². The van der Waals surface area contributed by atoms with Crippen molar-refractivity contribution in [3.8, 4) is 0 Å². The minimum absolute atomic E-state index is 0.0780. The number of rotatable bonds is 7. The average Bonchev–Trinajstić information content (AvgIpc) is 2.84. The lowest BCUT2D eigenvalue weighted by Crippen LogP contribution is -2.48. The van der Waals surface area contributed by atoms with Crippen LogP contribution in [-0.2, 0) is 21.2 Å².